The first-order chi connectivity index (χ1) is 9.97. The van der Waals surface area contributed by atoms with Crippen molar-refractivity contribution in [2.75, 3.05) is 0 Å². The highest BCUT2D eigenvalue weighted by Gasteiger charge is 2.41. The molecule has 0 saturated carbocycles. The van der Waals surface area contributed by atoms with Crippen LogP contribution in [0.5, 0.6) is 0 Å². The number of hydrogen-bond acceptors (Lipinski definition) is 6. The average Bonchev–Trinajstić information content (AvgIpc) is 2.90. The number of nitrogens with zero attached hydrogens (tertiary/aromatic N) is 6. The summed E-state index contributed by atoms with van der Waals surface area (Å²) in [6.45, 7) is 7.90. The molecular weight excluding hydrogens is 308 g/mol. The molecule has 0 radical (unpaired) electrons. The second-order valence-corrected chi connectivity index (χ2v) is 7.10. The molecule has 0 aromatic carbocycles. The van der Waals surface area contributed by atoms with E-state index in [0.717, 1.165) is 27.9 Å². The lowest BCUT2D eigenvalue weighted by atomic mass is 10.3. The van der Waals surface area contributed by atoms with Crippen LogP contribution in [0.15, 0.2) is 42.5 Å². The molecule has 4 heterocycles. The van der Waals surface area contributed by atoms with E-state index >= 15 is 0 Å². The Labute approximate surface area is 130 Å². The second-order valence-electron chi connectivity index (χ2n) is 5.09. The van der Waals surface area contributed by atoms with Gasteiger partial charge < -0.3 is 0 Å². The van der Waals surface area contributed by atoms with Crippen LogP contribution in [0.1, 0.15) is 27.7 Å². The fourth-order valence-electron chi connectivity index (χ4n) is 2.58. The molecule has 0 spiro atoms. The van der Waals surface area contributed by atoms with Gasteiger partial charge in [0, 0.05) is 11.4 Å². The number of aliphatic imine (C=N–C) groups is 4. The van der Waals surface area contributed by atoms with E-state index in [1.165, 1.54) is 0 Å². The van der Waals surface area contributed by atoms with Gasteiger partial charge in [-0.05, 0) is 33.8 Å². The van der Waals surface area contributed by atoms with Gasteiger partial charge in [-0.25, -0.2) is 18.6 Å². The zero-order chi connectivity index (χ0) is 14.9. The monoisotopic (exact) mass is 320 g/mol. The van der Waals surface area contributed by atoms with Gasteiger partial charge in [0.05, 0.1) is 27.3 Å². The molecule has 0 saturated heterocycles. The Hall–Kier alpha value is -1.73. The summed E-state index contributed by atoms with van der Waals surface area (Å²) >= 11 is 6.36. The lowest BCUT2D eigenvalue weighted by molar-refractivity contribution is 0.737. The SMILES string of the molecule is CC1=CC(C)=NC2=NC3=S(N12)N1C(=N3)N=C(C)C(Cl)=C1C. The van der Waals surface area contributed by atoms with E-state index < -0.39 is 10.9 Å². The zero-order valence-corrected chi connectivity index (χ0v) is 13.6. The number of allylic oxidation sites excluding steroid dienone is 4. The predicted octanol–water partition coefficient (Wildman–Crippen LogP) is 2.84. The van der Waals surface area contributed by atoms with Crippen molar-refractivity contribution in [1.29, 1.82) is 0 Å². The largest absolute Gasteiger partial charge is 0.243 e. The van der Waals surface area contributed by atoms with Gasteiger partial charge in [-0.15, -0.1) is 0 Å². The molecule has 4 rings (SSSR count). The Bertz CT molecular complexity index is 811. The molecule has 21 heavy (non-hydrogen) atoms. The summed E-state index contributed by atoms with van der Waals surface area (Å²) in [5.41, 5.74) is 3.80. The van der Waals surface area contributed by atoms with Crippen molar-refractivity contribution in [2.45, 2.75) is 27.7 Å². The van der Waals surface area contributed by atoms with Crippen molar-refractivity contribution in [3.63, 3.8) is 0 Å². The lowest BCUT2D eigenvalue weighted by Gasteiger charge is -2.33. The van der Waals surface area contributed by atoms with Crippen LogP contribution in [0.3, 0.4) is 0 Å². The molecule has 0 fully saturated rings. The maximum atomic E-state index is 6.36. The van der Waals surface area contributed by atoms with Crippen molar-refractivity contribution in [3.8, 4) is 0 Å². The van der Waals surface area contributed by atoms with Gasteiger partial charge in [0.2, 0.25) is 17.0 Å². The molecule has 4 aliphatic heterocycles. The minimum absolute atomic E-state index is 0.461. The molecule has 8 heteroatoms. The fraction of sp³-hybridized carbons (Fsp3) is 0.308. The molecule has 108 valence electrons. The first kappa shape index (κ1) is 13.0. The van der Waals surface area contributed by atoms with Crippen molar-refractivity contribution in [1.82, 2.24) is 8.61 Å². The maximum Gasteiger partial charge on any atom is 0.243 e. The summed E-state index contributed by atoms with van der Waals surface area (Å²) in [6, 6.07) is 0. The standard InChI is InChI=1S/C13H13ClN6S/c1-6-5-7(2)19-11(15-6)17-13-18-12-16-8(3)10(14)9(4)20(12)21(13)19/h5H,1-4H3. The number of guanidine groups is 2. The highest BCUT2D eigenvalue weighted by molar-refractivity contribution is 8.13. The van der Waals surface area contributed by atoms with Crippen molar-refractivity contribution < 1.29 is 0 Å². The maximum absolute atomic E-state index is 6.36. The first-order valence-electron chi connectivity index (χ1n) is 6.52. The fourth-order valence-corrected chi connectivity index (χ4v) is 4.73. The van der Waals surface area contributed by atoms with Crippen LogP contribution in [0.2, 0.25) is 0 Å². The van der Waals surface area contributed by atoms with Crippen molar-refractivity contribution in [2.24, 2.45) is 20.0 Å². The summed E-state index contributed by atoms with van der Waals surface area (Å²) in [5.74, 6) is 1.36. The molecule has 0 bridgehead atoms. The van der Waals surface area contributed by atoms with E-state index in [1.54, 1.807) is 0 Å². The molecule has 0 aromatic rings. The molecule has 1 unspecified atom stereocenters. The quantitative estimate of drug-likeness (QED) is 0.644. The molecule has 4 aliphatic rings. The Morgan fingerprint density at radius 3 is 2.33 bits per heavy atom. The Kier molecular flexibility index (Phi) is 2.56. The molecule has 1 atom stereocenters. The number of hydrogen-bond donors (Lipinski definition) is 0. The number of fused-ring (bicyclic) bond motifs is 4. The van der Waals surface area contributed by atoms with Crippen LogP contribution in [0, 0.1) is 0 Å². The van der Waals surface area contributed by atoms with Crippen LogP contribution in [-0.4, -0.2) is 37.1 Å². The van der Waals surface area contributed by atoms with E-state index in [9.17, 15) is 0 Å². The molecule has 0 N–H and O–H groups in total. The van der Waals surface area contributed by atoms with Crippen LogP contribution >= 0.6 is 22.5 Å². The van der Waals surface area contributed by atoms with Crippen LogP contribution in [0.25, 0.3) is 0 Å². The van der Waals surface area contributed by atoms with Gasteiger partial charge in [0.15, 0.2) is 0 Å². The number of rotatable bonds is 0. The Morgan fingerprint density at radius 1 is 0.952 bits per heavy atom. The normalized spacial score (nSPS) is 26.8. The number of halogens is 1. The molecule has 0 aliphatic carbocycles. The molecule has 6 nitrogen and oxygen atoms in total. The van der Waals surface area contributed by atoms with Gasteiger partial charge in [0.1, 0.15) is 0 Å². The predicted molar refractivity (Wildman–Crippen MR) is 89.7 cm³/mol. The molecule has 0 aromatic heterocycles. The van der Waals surface area contributed by atoms with Crippen LogP contribution in [-0.2, 0) is 0 Å². The van der Waals surface area contributed by atoms with Gasteiger partial charge in [-0.3, -0.25) is 0 Å². The zero-order valence-electron chi connectivity index (χ0n) is 12.0. The summed E-state index contributed by atoms with van der Waals surface area (Å²) in [7, 11) is -0.461. The minimum atomic E-state index is -0.461. The Morgan fingerprint density at radius 2 is 1.62 bits per heavy atom. The van der Waals surface area contributed by atoms with E-state index in [1.807, 2.05) is 26.8 Å². The van der Waals surface area contributed by atoms with E-state index in [4.69, 9.17) is 11.6 Å². The third-order valence-electron chi connectivity index (χ3n) is 3.49. The molecular formula is C13H13ClN6S. The van der Waals surface area contributed by atoms with E-state index in [-0.39, 0.29) is 0 Å². The highest BCUT2D eigenvalue weighted by atomic mass is 35.5. The highest BCUT2D eigenvalue weighted by Crippen LogP contribution is 2.45. The van der Waals surface area contributed by atoms with E-state index in [0.29, 0.717) is 17.0 Å². The van der Waals surface area contributed by atoms with Crippen molar-refractivity contribution >= 4 is 50.9 Å². The van der Waals surface area contributed by atoms with Crippen molar-refractivity contribution in [3.05, 3.63) is 22.5 Å². The van der Waals surface area contributed by atoms with Gasteiger partial charge >= 0.3 is 0 Å². The average molecular weight is 321 g/mol. The van der Waals surface area contributed by atoms with E-state index in [2.05, 4.69) is 35.5 Å². The van der Waals surface area contributed by atoms with Gasteiger partial charge in [-0.1, -0.05) is 11.6 Å². The smallest absolute Gasteiger partial charge is 0.242 e. The topological polar surface area (TPSA) is 55.9 Å². The third kappa shape index (κ3) is 1.64. The van der Waals surface area contributed by atoms with Crippen LogP contribution in [0.4, 0.5) is 0 Å². The van der Waals surface area contributed by atoms with Crippen LogP contribution < -0.4 is 0 Å². The summed E-state index contributed by atoms with van der Waals surface area (Å²) in [4.78, 5) is 18.1. The second kappa shape index (κ2) is 4.14. The summed E-state index contributed by atoms with van der Waals surface area (Å²) in [6.07, 6.45) is 2.05. The minimum Gasteiger partial charge on any atom is -0.242 e. The summed E-state index contributed by atoms with van der Waals surface area (Å²) < 4.78 is 4.15. The Balaban J connectivity index is 1.87. The van der Waals surface area contributed by atoms with Gasteiger partial charge in [-0.2, -0.15) is 9.98 Å². The summed E-state index contributed by atoms with van der Waals surface area (Å²) in [5, 5.41) is 1.42. The molecule has 0 amide bonds. The van der Waals surface area contributed by atoms with Gasteiger partial charge in [0.25, 0.3) is 0 Å². The lowest BCUT2D eigenvalue weighted by Crippen LogP contribution is -2.34. The first-order valence-corrected chi connectivity index (χ1v) is 8.04. The third-order valence-corrected chi connectivity index (χ3v) is 6.12.